The molecule has 0 amide bonds. The quantitative estimate of drug-likeness (QED) is 0.241. The molecule has 0 heterocycles. The van der Waals surface area contributed by atoms with Crippen molar-refractivity contribution in [1.29, 1.82) is 0 Å². The van der Waals surface area contributed by atoms with Crippen molar-refractivity contribution in [2.45, 2.75) is 118 Å². The summed E-state index contributed by atoms with van der Waals surface area (Å²) in [5.41, 5.74) is 2.35. The molecule has 4 heteroatoms. The van der Waals surface area contributed by atoms with Gasteiger partial charge in [-0.2, -0.15) is 0 Å². The number of carbonyl (C=O) groups is 2. The molecule has 0 spiro atoms. The molecule has 40 heavy (non-hydrogen) atoms. The van der Waals surface area contributed by atoms with Gasteiger partial charge in [0.25, 0.3) is 0 Å². The molecule has 4 aliphatic carbocycles. The fourth-order valence-corrected chi connectivity index (χ4v) is 9.81. The van der Waals surface area contributed by atoms with Crippen LogP contribution in [0.4, 0.5) is 0 Å². The number of rotatable bonds is 8. The highest BCUT2D eigenvalue weighted by Gasteiger charge is 2.62. The van der Waals surface area contributed by atoms with Gasteiger partial charge in [-0.15, -0.1) is 0 Å². The molecule has 0 N–H and O–H groups in total. The summed E-state index contributed by atoms with van der Waals surface area (Å²) < 4.78 is 12.2. The third kappa shape index (κ3) is 5.53. The average molecular weight is 549 g/mol. The Morgan fingerprint density at radius 2 is 1.68 bits per heavy atom. The van der Waals surface area contributed by atoms with Crippen LogP contribution in [-0.2, 0) is 14.3 Å². The Labute approximate surface area is 242 Å². The van der Waals surface area contributed by atoms with Crippen LogP contribution in [0.5, 0.6) is 0 Å². The van der Waals surface area contributed by atoms with Gasteiger partial charge >= 0.3 is 11.9 Å². The molecule has 4 aliphatic rings. The lowest BCUT2D eigenvalue weighted by Crippen LogP contribution is -2.55. The summed E-state index contributed by atoms with van der Waals surface area (Å²) in [4.78, 5) is 25.2. The van der Waals surface area contributed by atoms with Gasteiger partial charge in [0.1, 0.15) is 12.2 Å². The third-order valence-electron chi connectivity index (χ3n) is 11.8. The van der Waals surface area contributed by atoms with Gasteiger partial charge in [-0.05, 0) is 97.2 Å². The molecule has 0 aromatic heterocycles. The van der Waals surface area contributed by atoms with Crippen molar-refractivity contribution >= 4 is 11.9 Å². The van der Waals surface area contributed by atoms with E-state index in [1.54, 1.807) is 6.92 Å². The highest BCUT2D eigenvalue weighted by molar-refractivity contribution is 5.89. The second kappa shape index (κ2) is 11.6. The van der Waals surface area contributed by atoms with E-state index in [2.05, 4.69) is 40.7 Å². The number of ether oxygens (including phenoxy) is 2. The van der Waals surface area contributed by atoms with Gasteiger partial charge in [0, 0.05) is 19.3 Å². The fourth-order valence-electron chi connectivity index (χ4n) is 9.81. The van der Waals surface area contributed by atoms with E-state index in [4.69, 9.17) is 9.47 Å². The maximum absolute atomic E-state index is 12.8. The third-order valence-corrected chi connectivity index (χ3v) is 11.8. The minimum absolute atomic E-state index is 0.0826. The van der Waals surface area contributed by atoms with Gasteiger partial charge in [0.2, 0.25) is 0 Å². The van der Waals surface area contributed by atoms with Gasteiger partial charge in [-0.25, -0.2) is 4.79 Å². The lowest BCUT2D eigenvalue weighted by molar-refractivity contribution is -0.158. The monoisotopic (exact) mass is 548 g/mol. The first-order valence-electron chi connectivity index (χ1n) is 16.2. The molecule has 3 fully saturated rings. The van der Waals surface area contributed by atoms with Crippen molar-refractivity contribution in [1.82, 2.24) is 0 Å². The van der Waals surface area contributed by atoms with E-state index < -0.39 is 0 Å². The molecule has 0 bridgehead atoms. The van der Waals surface area contributed by atoms with E-state index in [-0.39, 0.29) is 29.6 Å². The van der Waals surface area contributed by atoms with Crippen LogP contribution in [0.25, 0.3) is 0 Å². The predicted octanol–water partition coefficient (Wildman–Crippen LogP) is 8.80. The Morgan fingerprint density at radius 1 is 0.925 bits per heavy atom. The van der Waals surface area contributed by atoms with Crippen LogP contribution >= 0.6 is 0 Å². The van der Waals surface area contributed by atoms with E-state index >= 15 is 0 Å². The minimum atomic E-state index is -0.243. The summed E-state index contributed by atoms with van der Waals surface area (Å²) in [5, 5.41) is 0. The average Bonchev–Trinajstić information content (AvgIpc) is 3.26. The van der Waals surface area contributed by atoms with Crippen molar-refractivity contribution in [3.63, 3.8) is 0 Å². The summed E-state index contributed by atoms with van der Waals surface area (Å²) in [6.45, 7) is 13.8. The van der Waals surface area contributed by atoms with E-state index in [1.807, 2.05) is 30.3 Å². The zero-order valence-electron chi connectivity index (χ0n) is 25.8. The van der Waals surface area contributed by atoms with E-state index in [0.717, 1.165) is 37.0 Å². The van der Waals surface area contributed by atoms with Crippen LogP contribution in [0.15, 0.2) is 42.0 Å². The van der Waals surface area contributed by atoms with Crippen LogP contribution in [-0.4, -0.2) is 24.1 Å². The van der Waals surface area contributed by atoms with Gasteiger partial charge in [0.15, 0.2) is 0 Å². The highest BCUT2D eigenvalue weighted by Crippen LogP contribution is 2.67. The largest absolute Gasteiger partial charge is 0.458 e. The highest BCUT2D eigenvalue weighted by atomic mass is 16.5. The lowest BCUT2D eigenvalue weighted by atomic mass is 9.46. The first kappa shape index (κ1) is 29.4. The number of benzene rings is 1. The number of hydrogen-bond donors (Lipinski definition) is 0. The number of fused-ring (bicyclic) bond motifs is 5. The van der Waals surface area contributed by atoms with Crippen molar-refractivity contribution in [2.75, 3.05) is 0 Å². The lowest BCUT2D eigenvalue weighted by Gasteiger charge is -2.59. The number of carbonyl (C=O) groups excluding carboxylic acids is 2. The smallest absolute Gasteiger partial charge is 0.338 e. The summed E-state index contributed by atoms with van der Waals surface area (Å²) in [5.74, 6) is 3.34. The maximum Gasteiger partial charge on any atom is 0.338 e. The molecule has 4 nitrogen and oxygen atoms in total. The minimum Gasteiger partial charge on any atom is -0.458 e. The summed E-state index contributed by atoms with van der Waals surface area (Å²) in [6.07, 6.45) is 13.7. The van der Waals surface area contributed by atoms with Crippen LogP contribution in [0.1, 0.15) is 116 Å². The summed E-state index contributed by atoms with van der Waals surface area (Å²) >= 11 is 0. The Morgan fingerprint density at radius 3 is 2.38 bits per heavy atom. The van der Waals surface area contributed by atoms with Gasteiger partial charge < -0.3 is 9.47 Å². The predicted molar refractivity (Wildman–Crippen MR) is 160 cm³/mol. The fraction of sp³-hybridized carbons (Fsp3) is 0.722. The molecule has 1 aromatic rings. The van der Waals surface area contributed by atoms with Crippen molar-refractivity contribution in [2.24, 2.45) is 46.3 Å². The second-order valence-electron chi connectivity index (χ2n) is 14.6. The SMILES string of the molecule is CC(=O)OC1C=C2CC(OC(=O)c3ccccc3)CCC2(C)C2CCC3(C)C(C(C)CCCC(C)C)CCC3C12. The Kier molecular flexibility index (Phi) is 8.56. The van der Waals surface area contributed by atoms with Crippen LogP contribution in [0, 0.1) is 46.3 Å². The molecule has 220 valence electrons. The molecular weight excluding hydrogens is 496 g/mol. The molecular formula is C36H52O4. The molecule has 0 aliphatic heterocycles. The van der Waals surface area contributed by atoms with Crippen LogP contribution in [0.2, 0.25) is 0 Å². The standard InChI is InChI=1S/C36H52O4/c1-23(2)11-10-12-24(3)29-15-16-30-33-31(18-20-36(29,30)6)35(5)19-17-28(21-27(35)22-32(33)39-25(4)37)40-34(38)26-13-8-7-9-14-26/h7-9,13-14,22-24,28-33H,10-12,15-21H2,1-6H3. The number of esters is 2. The molecule has 0 saturated heterocycles. The Bertz CT molecular complexity index is 1090. The molecule has 5 rings (SSSR count). The van der Waals surface area contributed by atoms with Crippen LogP contribution < -0.4 is 0 Å². The molecule has 0 radical (unpaired) electrons. The maximum atomic E-state index is 12.8. The Balaban J connectivity index is 1.36. The summed E-state index contributed by atoms with van der Waals surface area (Å²) in [7, 11) is 0. The van der Waals surface area contributed by atoms with E-state index in [9.17, 15) is 9.59 Å². The molecule has 3 saturated carbocycles. The molecule has 9 unspecified atom stereocenters. The molecule has 1 aromatic carbocycles. The van der Waals surface area contributed by atoms with Crippen molar-refractivity contribution < 1.29 is 19.1 Å². The molecule has 9 atom stereocenters. The summed E-state index contributed by atoms with van der Waals surface area (Å²) in [6, 6.07) is 9.29. The van der Waals surface area contributed by atoms with Crippen molar-refractivity contribution in [3.8, 4) is 0 Å². The second-order valence-corrected chi connectivity index (χ2v) is 14.6. The van der Waals surface area contributed by atoms with E-state index in [0.29, 0.717) is 28.7 Å². The van der Waals surface area contributed by atoms with Crippen LogP contribution in [0.3, 0.4) is 0 Å². The van der Waals surface area contributed by atoms with Gasteiger partial charge in [-0.1, -0.05) is 77.7 Å². The topological polar surface area (TPSA) is 52.6 Å². The Hall–Kier alpha value is -2.10. The van der Waals surface area contributed by atoms with Crippen molar-refractivity contribution in [3.05, 3.63) is 47.5 Å². The first-order chi connectivity index (χ1) is 19.0. The van der Waals surface area contributed by atoms with E-state index in [1.165, 1.54) is 50.5 Å². The van der Waals surface area contributed by atoms with Gasteiger partial charge in [-0.3, -0.25) is 4.79 Å². The zero-order valence-corrected chi connectivity index (χ0v) is 25.8. The normalized spacial score (nSPS) is 37.5. The number of hydrogen-bond acceptors (Lipinski definition) is 4. The zero-order chi connectivity index (χ0) is 28.7. The van der Waals surface area contributed by atoms with Gasteiger partial charge in [0.05, 0.1) is 5.56 Å². The first-order valence-corrected chi connectivity index (χ1v) is 16.2.